The van der Waals surface area contributed by atoms with E-state index in [4.69, 9.17) is 5.26 Å². The molecule has 0 saturated carbocycles. The van der Waals surface area contributed by atoms with Crippen molar-refractivity contribution < 1.29 is 4.79 Å². The van der Waals surface area contributed by atoms with E-state index in [2.05, 4.69) is 15.3 Å². The van der Waals surface area contributed by atoms with E-state index < -0.39 is 0 Å². The number of hydrogen-bond donors (Lipinski definition) is 1. The van der Waals surface area contributed by atoms with Crippen LogP contribution in [-0.4, -0.2) is 60.5 Å². The molecule has 1 saturated heterocycles. The van der Waals surface area contributed by atoms with E-state index in [0.717, 1.165) is 12.2 Å². The fraction of sp³-hybridized carbons (Fsp3) is 0.538. The van der Waals surface area contributed by atoms with Gasteiger partial charge in [-0.3, -0.25) is 4.79 Å². The summed E-state index contributed by atoms with van der Waals surface area (Å²) in [6.45, 7) is 3.77. The van der Waals surface area contributed by atoms with Gasteiger partial charge in [0.15, 0.2) is 0 Å². The molecule has 106 valence electrons. The van der Waals surface area contributed by atoms with Crippen LogP contribution in [-0.2, 0) is 4.79 Å². The molecule has 2 rings (SSSR count). The Morgan fingerprint density at radius 2 is 2.30 bits per heavy atom. The maximum Gasteiger partial charge on any atom is 0.246 e. The second-order valence-electron chi connectivity index (χ2n) is 4.95. The molecule has 1 aromatic rings. The quantitative estimate of drug-likeness (QED) is 0.784. The Morgan fingerprint density at radius 3 is 2.95 bits per heavy atom. The molecule has 0 radical (unpaired) electrons. The normalized spacial score (nSPS) is 18.5. The summed E-state index contributed by atoms with van der Waals surface area (Å²) < 4.78 is 0. The van der Waals surface area contributed by atoms with Crippen molar-refractivity contribution in [1.82, 2.24) is 20.2 Å². The summed E-state index contributed by atoms with van der Waals surface area (Å²) in [7, 11) is 3.46. The number of hydrogen-bond acceptors (Lipinski definition) is 6. The van der Waals surface area contributed by atoms with Gasteiger partial charge in [-0.25, -0.2) is 9.97 Å². The van der Waals surface area contributed by atoms with Gasteiger partial charge in [-0.1, -0.05) is 0 Å². The Kier molecular flexibility index (Phi) is 4.15. The van der Waals surface area contributed by atoms with Crippen LogP contribution in [0.2, 0.25) is 0 Å². The molecule has 1 aromatic heterocycles. The summed E-state index contributed by atoms with van der Waals surface area (Å²) in [4.78, 5) is 24.3. The molecule has 0 aromatic carbocycles. The van der Waals surface area contributed by atoms with Gasteiger partial charge in [0.2, 0.25) is 11.9 Å². The molecule has 7 heteroatoms. The van der Waals surface area contributed by atoms with Gasteiger partial charge in [-0.2, -0.15) is 5.26 Å². The third-order valence-corrected chi connectivity index (χ3v) is 3.18. The molecule has 0 aliphatic carbocycles. The molecule has 1 aliphatic rings. The molecule has 7 nitrogen and oxygen atoms in total. The fourth-order valence-corrected chi connectivity index (χ4v) is 2.20. The van der Waals surface area contributed by atoms with Crippen molar-refractivity contribution in [3.05, 3.63) is 17.5 Å². The predicted octanol–water partition coefficient (Wildman–Crippen LogP) is -0.477. The molecule has 1 amide bonds. The molecule has 1 atom stereocenters. The Balaban J connectivity index is 2.35. The first-order valence-electron chi connectivity index (χ1n) is 6.47. The standard InChI is InChI=1S/C13H18N6O/c1-9-6-10(7-14)17-13(16-9)19-5-4-15-8-11(19)12(20)18(2)3/h6,11,15H,4-5,8H2,1-3H3. The Labute approximate surface area is 118 Å². The highest BCUT2D eigenvalue weighted by atomic mass is 16.2. The lowest BCUT2D eigenvalue weighted by Gasteiger charge is -2.36. The smallest absolute Gasteiger partial charge is 0.246 e. The third-order valence-electron chi connectivity index (χ3n) is 3.18. The highest BCUT2D eigenvalue weighted by molar-refractivity contribution is 5.85. The van der Waals surface area contributed by atoms with Crippen LogP contribution in [0.1, 0.15) is 11.4 Å². The molecule has 1 unspecified atom stereocenters. The van der Waals surface area contributed by atoms with Crippen LogP contribution in [0.3, 0.4) is 0 Å². The zero-order valence-electron chi connectivity index (χ0n) is 11.9. The minimum absolute atomic E-state index is 0.000753. The lowest BCUT2D eigenvalue weighted by atomic mass is 10.1. The largest absolute Gasteiger partial charge is 0.347 e. The first-order valence-corrected chi connectivity index (χ1v) is 6.47. The van der Waals surface area contributed by atoms with Gasteiger partial charge in [0.1, 0.15) is 17.8 Å². The second-order valence-corrected chi connectivity index (χ2v) is 4.95. The lowest BCUT2D eigenvalue weighted by molar-refractivity contribution is -0.130. The number of anilines is 1. The number of nitrogens with one attached hydrogen (secondary N) is 1. The van der Waals surface area contributed by atoms with Crippen LogP contribution in [0, 0.1) is 18.3 Å². The first-order chi connectivity index (χ1) is 9.52. The number of nitrogens with zero attached hydrogens (tertiary/aromatic N) is 5. The van der Waals surface area contributed by atoms with Gasteiger partial charge >= 0.3 is 0 Å². The van der Waals surface area contributed by atoms with Crippen molar-refractivity contribution in [2.24, 2.45) is 0 Å². The van der Waals surface area contributed by atoms with Crippen molar-refractivity contribution in [3.63, 3.8) is 0 Å². The maximum atomic E-state index is 12.2. The molecule has 1 aliphatic heterocycles. The summed E-state index contributed by atoms with van der Waals surface area (Å²) in [5.74, 6) is 0.448. The number of aryl methyl sites for hydroxylation is 1. The highest BCUT2D eigenvalue weighted by Gasteiger charge is 2.31. The van der Waals surface area contributed by atoms with E-state index in [1.54, 1.807) is 25.1 Å². The summed E-state index contributed by atoms with van der Waals surface area (Å²) in [5.41, 5.74) is 1.04. The van der Waals surface area contributed by atoms with Gasteiger partial charge in [-0.15, -0.1) is 0 Å². The van der Waals surface area contributed by atoms with Crippen LogP contribution >= 0.6 is 0 Å². The molecular weight excluding hydrogens is 256 g/mol. The van der Waals surface area contributed by atoms with Crippen molar-refractivity contribution in [3.8, 4) is 6.07 Å². The average Bonchev–Trinajstić information content (AvgIpc) is 2.45. The number of nitriles is 1. The summed E-state index contributed by atoms with van der Waals surface area (Å²) in [5, 5.41) is 12.2. The Bertz CT molecular complexity index is 550. The van der Waals surface area contributed by atoms with Crippen molar-refractivity contribution in [2.45, 2.75) is 13.0 Å². The predicted molar refractivity (Wildman–Crippen MR) is 74.2 cm³/mol. The molecule has 1 fully saturated rings. The second kappa shape index (κ2) is 5.84. The topological polar surface area (TPSA) is 85.2 Å². The van der Waals surface area contributed by atoms with E-state index in [0.29, 0.717) is 24.7 Å². The number of piperazine rings is 1. The van der Waals surface area contributed by atoms with Crippen molar-refractivity contribution >= 4 is 11.9 Å². The van der Waals surface area contributed by atoms with E-state index in [-0.39, 0.29) is 11.9 Å². The number of carbonyl (C=O) groups excluding carboxylic acids is 1. The molecule has 20 heavy (non-hydrogen) atoms. The van der Waals surface area contributed by atoms with E-state index >= 15 is 0 Å². The van der Waals surface area contributed by atoms with Crippen LogP contribution < -0.4 is 10.2 Å². The molecule has 0 spiro atoms. The van der Waals surface area contributed by atoms with Gasteiger partial charge in [0.25, 0.3) is 0 Å². The van der Waals surface area contributed by atoms with Crippen LogP contribution in [0.25, 0.3) is 0 Å². The lowest BCUT2D eigenvalue weighted by Crippen LogP contribution is -2.58. The highest BCUT2D eigenvalue weighted by Crippen LogP contribution is 2.16. The zero-order chi connectivity index (χ0) is 14.7. The van der Waals surface area contributed by atoms with Gasteiger partial charge in [0.05, 0.1) is 0 Å². The fourth-order valence-electron chi connectivity index (χ4n) is 2.20. The number of rotatable bonds is 2. The molecule has 2 heterocycles. The van der Waals surface area contributed by atoms with Crippen molar-refractivity contribution in [2.75, 3.05) is 38.6 Å². The number of carbonyl (C=O) groups is 1. The number of aromatic nitrogens is 2. The first kappa shape index (κ1) is 14.2. The third kappa shape index (κ3) is 2.86. The van der Waals surface area contributed by atoms with Gasteiger partial charge in [0, 0.05) is 39.4 Å². The Morgan fingerprint density at radius 1 is 1.55 bits per heavy atom. The van der Waals surface area contributed by atoms with Crippen LogP contribution in [0.15, 0.2) is 6.07 Å². The molecule has 0 bridgehead atoms. The molecular formula is C13H18N6O. The van der Waals surface area contributed by atoms with E-state index in [9.17, 15) is 4.79 Å². The summed E-state index contributed by atoms with van der Waals surface area (Å²) >= 11 is 0. The summed E-state index contributed by atoms with van der Waals surface area (Å²) in [6, 6.07) is 3.32. The minimum Gasteiger partial charge on any atom is -0.347 e. The van der Waals surface area contributed by atoms with E-state index in [1.807, 2.05) is 17.9 Å². The number of likely N-dealkylation sites (N-methyl/N-ethyl adjacent to an activating group) is 1. The minimum atomic E-state index is -0.341. The van der Waals surface area contributed by atoms with E-state index in [1.165, 1.54) is 0 Å². The summed E-state index contributed by atoms with van der Waals surface area (Å²) in [6.07, 6.45) is 0. The maximum absolute atomic E-state index is 12.2. The number of amides is 1. The van der Waals surface area contributed by atoms with Gasteiger partial charge in [-0.05, 0) is 13.0 Å². The molecule has 1 N–H and O–H groups in total. The van der Waals surface area contributed by atoms with Crippen LogP contribution in [0.4, 0.5) is 5.95 Å². The SMILES string of the molecule is Cc1cc(C#N)nc(N2CCNCC2C(=O)N(C)C)n1. The van der Waals surface area contributed by atoms with Crippen molar-refractivity contribution in [1.29, 1.82) is 5.26 Å². The Hall–Kier alpha value is -2.20. The van der Waals surface area contributed by atoms with Gasteiger partial charge < -0.3 is 15.1 Å². The average molecular weight is 274 g/mol. The monoisotopic (exact) mass is 274 g/mol. The van der Waals surface area contributed by atoms with Crippen LogP contribution in [0.5, 0.6) is 0 Å². The zero-order valence-corrected chi connectivity index (χ0v) is 11.9.